The van der Waals surface area contributed by atoms with Crippen LogP contribution in [0, 0.1) is 0 Å². The largest absolute Gasteiger partial charge is 0.383 e. The van der Waals surface area contributed by atoms with Gasteiger partial charge < -0.3 is 14.7 Å². The summed E-state index contributed by atoms with van der Waals surface area (Å²) in [5, 5.41) is 10.5. The van der Waals surface area contributed by atoms with Crippen molar-refractivity contribution in [1.29, 1.82) is 0 Å². The minimum atomic E-state index is -0.792. The lowest BCUT2D eigenvalue weighted by Crippen LogP contribution is -2.43. The van der Waals surface area contributed by atoms with Crippen molar-refractivity contribution in [1.82, 2.24) is 4.90 Å². The second-order valence-electron chi connectivity index (χ2n) is 4.70. The molecule has 16 heavy (non-hydrogen) atoms. The van der Waals surface area contributed by atoms with E-state index in [1.165, 1.54) is 5.70 Å². The predicted octanol–water partition coefficient (Wildman–Crippen LogP) is 1.57. The van der Waals surface area contributed by atoms with Crippen molar-refractivity contribution in [2.45, 2.75) is 25.4 Å². The van der Waals surface area contributed by atoms with E-state index in [9.17, 15) is 5.11 Å². The normalized spacial score (nSPS) is 32.6. The van der Waals surface area contributed by atoms with Crippen LogP contribution in [0.15, 0.2) is 35.2 Å². The Morgan fingerprint density at radius 3 is 3.25 bits per heavy atom. The van der Waals surface area contributed by atoms with E-state index in [0.717, 1.165) is 24.1 Å². The number of rotatable bonds is 1. The number of nitrogens with zero attached hydrogens (tertiary/aromatic N) is 1. The molecular weight excluding hydrogens is 202 g/mol. The third-order valence-corrected chi connectivity index (χ3v) is 3.69. The quantitative estimate of drug-likeness (QED) is 0.726. The number of aliphatic hydroxyl groups is 1. The fraction of sp³-hybridized carbons (Fsp3) is 0.538. The fourth-order valence-electron chi connectivity index (χ4n) is 2.63. The molecule has 1 saturated heterocycles. The maximum absolute atomic E-state index is 10.5. The van der Waals surface area contributed by atoms with Gasteiger partial charge in [0.15, 0.2) is 0 Å². The highest BCUT2D eigenvalue weighted by atomic mass is 16.5. The van der Waals surface area contributed by atoms with Gasteiger partial charge in [0, 0.05) is 24.0 Å². The summed E-state index contributed by atoms with van der Waals surface area (Å²) in [6, 6.07) is 0. The van der Waals surface area contributed by atoms with Gasteiger partial charge in [-0.2, -0.15) is 0 Å². The van der Waals surface area contributed by atoms with Gasteiger partial charge in [0.05, 0.1) is 13.2 Å². The van der Waals surface area contributed by atoms with Crippen LogP contribution in [0.5, 0.6) is 0 Å². The second kappa shape index (κ2) is 3.47. The first-order chi connectivity index (χ1) is 7.73. The van der Waals surface area contributed by atoms with Gasteiger partial charge in [0.25, 0.3) is 0 Å². The zero-order valence-corrected chi connectivity index (χ0v) is 9.57. The summed E-state index contributed by atoms with van der Waals surface area (Å²) in [6.07, 6.45) is 8.28. The molecule has 0 aromatic rings. The molecule has 0 aromatic heterocycles. The summed E-state index contributed by atoms with van der Waals surface area (Å²) < 4.78 is 5.49. The van der Waals surface area contributed by atoms with Crippen molar-refractivity contribution in [3.8, 4) is 0 Å². The number of hydrogen-bond donors (Lipinski definition) is 1. The maximum Gasteiger partial charge on any atom is 0.113 e. The smallest absolute Gasteiger partial charge is 0.113 e. The summed E-state index contributed by atoms with van der Waals surface area (Å²) in [4.78, 5) is 2.24. The van der Waals surface area contributed by atoms with E-state index in [0.29, 0.717) is 19.6 Å². The van der Waals surface area contributed by atoms with Crippen molar-refractivity contribution in [3.63, 3.8) is 0 Å². The molecule has 3 aliphatic rings. The molecule has 1 fully saturated rings. The number of ether oxygens (including phenoxy) is 1. The standard InChI is InChI=1S/C13H17NO2/c1-2-13(15)9-16-8-10-7-14-5-3-4-11(14)6-12(10)13/h4,6-7,15H,2-3,5,8-9H2,1H3/t13-/m1/s1. The van der Waals surface area contributed by atoms with Crippen molar-refractivity contribution in [2.24, 2.45) is 0 Å². The maximum atomic E-state index is 10.5. The Balaban J connectivity index is 2.03. The van der Waals surface area contributed by atoms with Gasteiger partial charge in [-0.15, -0.1) is 0 Å². The van der Waals surface area contributed by atoms with Crippen LogP contribution in [0.3, 0.4) is 0 Å². The molecule has 0 aromatic carbocycles. The molecule has 3 rings (SSSR count). The fourth-order valence-corrected chi connectivity index (χ4v) is 2.63. The Morgan fingerprint density at radius 2 is 2.44 bits per heavy atom. The van der Waals surface area contributed by atoms with E-state index < -0.39 is 5.60 Å². The molecule has 3 nitrogen and oxygen atoms in total. The minimum absolute atomic E-state index is 0.417. The molecule has 86 valence electrons. The number of allylic oxidation sites excluding steroid dienone is 1. The summed E-state index contributed by atoms with van der Waals surface area (Å²) in [5.41, 5.74) is 2.63. The molecule has 0 saturated carbocycles. The topological polar surface area (TPSA) is 32.7 Å². The van der Waals surface area contributed by atoms with E-state index in [-0.39, 0.29) is 0 Å². The summed E-state index contributed by atoms with van der Waals surface area (Å²) in [7, 11) is 0. The van der Waals surface area contributed by atoms with E-state index >= 15 is 0 Å². The van der Waals surface area contributed by atoms with Gasteiger partial charge in [-0.1, -0.05) is 13.0 Å². The van der Waals surface area contributed by atoms with Crippen LogP contribution in [0.1, 0.15) is 19.8 Å². The van der Waals surface area contributed by atoms with Crippen molar-refractivity contribution >= 4 is 0 Å². The zero-order valence-electron chi connectivity index (χ0n) is 9.57. The molecule has 3 aliphatic heterocycles. The predicted molar refractivity (Wildman–Crippen MR) is 61.6 cm³/mol. The van der Waals surface area contributed by atoms with Crippen LogP contribution >= 0.6 is 0 Å². The molecule has 0 amide bonds. The molecule has 0 unspecified atom stereocenters. The molecular formula is C13H17NO2. The van der Waals surface area contributed by atoms with Gasteiger partial charge in [-0.05, 0) is 24.5 Å². The third-order valence-electron chi connectivity index (χ3n) is 3.69. The number of hydrogen-bond acceptors (Lipinski definition) is 3. The number of fused-ring (bicyclic) bond motifs is 2. The first-order valence-electron chi connectivity index (χ1n) is 5.93. The Hall–Kier alpha value is -1.06. The zero-order chi connectivity index (χ0) is 11.2. The molecule has 0 radical (unpaired) electrons. The average Bonchev–Trinajstić information content (AvgIpc) is 2.74. The van der Waals surface area contributed by atoms with E-state index in [1.54, 1.807) is 0 Å². The Morgan fingerprint density at radius 1 is 1.56 bits per heavy atom. The van der Waals surface area contributed by atoms with Crippen molar-refractivity contribution in [2.75, 3.05) is 19.8 Å². The molecule has 3 heteroatoms. The molecule has 1 atom stereocenters. The molecule has 0 spiro atoms. The molecule has 1 N–H and O–H groups in total. The van der Waals surface area contributed by atoms with Crippen molar-refractivity contribution < 1.29 is 9.84 Å². The Bertz CT molecular complexity index is 408. The lowest BCUT2D eigenvalue weighted by atomic mass is 9.83. The Kier molecular flexibility index (Phi) is 2.19. The van der Waals surface area contributed by atoms with Crippen LogP contribution in [0.2, 0.25) is 0 Å². The molecule has 0 aliphatic carbocycles. The second-order valence-corrected chi connectivity index (χ2v) is 4.70. The summed E-state index contributed by atoms with van der Waals surface area (Å²) in [6.45, 7) is 4.09. The van der Waals surface area contributed by atoms with E-state index in [1.807, 2.05) is 6.92 Å². The van der Waals surface area contributed by atoms with Crippen LogP contribution in [-0.2, 0) is 4.74 Å². The highest BCUT2D eigenvalue weighted by Gasteiger charge is 2.38. The molecule has 0 bridgehead atoms. The van der Waals surface area contributed by atoms with Gasteiger partial charge in [0.2, 0.25) is 0 Å². The third kappa shape index (κ3) is 1.35. The van der Waals surface area contributed by atoms with Crippen molar-refractivity contribution in [3.05, 3.63) is 35.2 Å². The van der Waals surface area contributed by atoms with E-state index in [2.05, 4.69) is 23.3 Å². The van der Waals surface area contributed by atoms with Gasteiger partial charge in [-0.3, -0.25) is 0 Å². The van der Waals surface area contributed by atoms with Crippen LogP contribution < -0.4 is 0 Å². The monoisotopic (exact) mass is 219 g/mol. The first kappa shape index (κ1) is 10.1. The summed E-state index contributed by atoms with van der Waals surface area (Å²) in [5.74, 6) is 0. The highest BCUT2D eigenvalue weighted by molar-refractivity contribution is 5.49. The van der Waals surface area contributed by atoms with Crippen LogP contribution in [0.25, 0.3) is 0 Å². The first-order valence-corrected chi connectivity index (χ1v) is 5.93. The van der Waals surface area contributed by atoms with Gasteiger partial charge in [-0.25, -0.2) is 0 Å². The van der Waals surface area contributed by atoms with Crippen LogP contribution in [0.4, 0.5) is 0 Å². The lowest BCUT2D eigenvalue weighted by molar-refractivity contribution is -0.0338. The van der Waals surface area contributed by atoms with E-state index in [4.69, 9.17) is 4.74 Å². The average molecular weight is 219 g/mol. The molecule has 3 heterocycles. The van der Waals surface area contributed by atoms with Gasteiger partial charge >= 0.3 is 0 Å². The lowest BCUT2D eigenvalue weighted by Gasteiger charge is -2.39. The minimum Gasteiger partial charge on any atom is -0.383 e. The van der Waals surface area contributed by atoms with Gasteiger partial charge in [0.1, 0.15) is 5.60 Å². The summed E-state index contributed by atoms with van der Waals surface area (Å²) >= 11 is 0. The van der Waals surface area contributed by atoms with Crippen LogP contribution in [-0.4, -0.2) is 35.4 Å². The Labute approximate surface area is 95.7 Å². The highest BCUT2D eigenvalue weighted by Crippen LogP contribution is 2.38. The SMILES string of the molecule is CC[C@@]1(O)COCC2=CN3CCC=C3C=C21.